The Morgan fingerprint density at radius 3 is 2.62 bits per heavy atom. The van der Waals surface area contributed by atoms with Crippen LogP contribution in [0.4, 0.5) is 4.39 Å². The van der Waals surface area contributed by atoms with E-state index in [0.717, 1.165) is 16.5 Å². The van der Waals surface area contributed by atoms with E-state index in [2.05, 4.69) is 4.72 Å². The monoisotopic (exact) mass is 329 g/mol. The molecule has 0 atom stereocenters. The van der Waals surface area contributed by atoms with E-state index in [-0.39, 0.29) is 22.6 Å². The molecule has 4 nitrogen and oxygen atoms in total. The zero-order valence-electron chi connectivity index (χ0n) is 11.7. The summed E-state index contributed by atoms with van der Waals surface area (Å²) < 4.78 is 40.9. The first kappa shape index (κ1) is 16.1. The average Bonchev–Trinajstić information content (AvgIpc) is 2.84. The predicted octanol–water partition coefficient (Wildman–Crippen LogP) is 2.47. The molecule has 0 saturated carbocycles. The lowest BCUT2D eigenvalue weighted by Gasteiger charge is -2.11. The molecule has 1 aromatic carbocycles. The normalized spacial score (nSPS) is 11.8. The Balaban J connectivity index is 2.31. The molecule has 0 aliphatic rings. The standard InChI is InChI=1S/C14H16FNO3S2/c1-9-3-4-20-13(9)7-16-21(18,19)14-6-11(8-17)5-12(15)10(14)2/h3-6,16-17H,7-8H2,1-2H3. The van der Waals surface area contributed by atoms with Crippen LogP contribution in [0.1, 0.15) is 21.6 Å². The van der Waals surface area contributed by atoms with Gasteiger partial charge in [-0.3, -0.25) is 0 Å². The van der Waals surface area contributed by atoms with E-state index < -0.39 is 22.4 Å². The van der Waals surface area contributed by atoms with Gasteiger partial charge in [0.15, 0.2) is 0 Å². The fourth-order valence-corrected chi connectivity index (χ4v) is 4.14. The first-order valence-electron chi connectivity index (χ1n) is 6.27. The highest BCUT2D eigenvalue weighted by molar-refractivity contribution is 7.89. The van der Waals surface area contributed by atoms with E-state index in [9.17, 15) is 12.8 Å². The van der Waals surface area contributed by atoms with Crippen LogP contribution in [0.15, 0.2) is 28.5 Å². The summed E-state index contributed by atoms with van der Waals surface area (Å²) in [5, 5.41) is 11.0. The fraction of sp³-hybridized carbons (Fsp3) is 0.286. The molecular weight excluding hydrogens is 313 g/mol. The number of nitrogens with one attached hydrogen (secondary N) is 1. The molecule has 0 radical (unpaired) electrons. The maximum absolute atomic E-state index is 13.7. The summed E-state index contributed by atoms with van der Waals surface area (Å²) >= 11 is 1.46. The van der Waals surface area contributed by atoms with Gasteiger partial charge in [0.1, 0.15) is 5.82 Å². The van der Waals surface area contributed by atoms with E-state index in [0.29, 0.717) is 0 Å². The van der Waals surface area contributed by atoms with Gasteiger partial charge in [-0.1, -0.05) is 0 Å². The molecule has 21 heavy (non-hydrogen) atoms. The highest BCUT2D eigenvalue weighted by Gasteiger charge is 2.20. The quantitative estimate of drug-likeness (QED) is 0.885. The molecule has 0 unspecified atom stereocenters. The maximum atomic E-state index is 13.7. The van der Waals surface area contributed by atoms with Gasteiger partial charge in [0.05, 0.1) is 11.5 Å². The Kier molecular flexibility index (Phi) is 4.77. The summed E-state index contributed by atoms with van der Waals surface area (Å²) in [5.41, 5.74) is 1.28. The number of aryl methyl sites for hydroxylation is 1. The molecule has 0 saturated heterocycles. The SMILES string of the molecule is Cc1ccsc1CNS(=O)(=O)c1cc(CO)cc(F)c1C. The fourth-order valence-electron chi connectivity index (χ4n) is 1.90. The Hall–Kier alpha value is -1.28. The summed E-state index contributed by atoms with van der Waals surface area (Å²) in [7, 11) is -3.83. The van der Waals surface area contributed by atoms with E-state index in [4.69, 9.17) is 5.11 Å². The van der Waals surface area contributed by atoms with Gasteiger partial charge in [0.2, 0.25) is 10.0 Å². The molecule has 2 aromatic rings. The molecule has 1 heterocycles. The molecule has 114 valence electrons. The van der Waals surface area contributed by atoms with Crippen LogP contribution < -0.4 is 4.72 Å². The second-order valence-corrected chi connectivity index (χ2v) is 7.45. The van der Waals surface area contributed by atoms with Crippen molar-refractivity contribution in [1.29, 1.82) is 0 Å². The van der Waals surface area contributed by atoms with Gasteiger partial charge in [-0.2, -0.15) is 0 Å². The second kappa shape index (κ2) is 6.23. The summed E-state index contributed by atoms with van der Waals surface area (Å²) in [5.74, 6) is -0.644. The van der Waals surface area contributed by atoms with Crippen LogP contribution in [0, 0.1) is 19.7 Å². The summed E-state index contributed by atoms with van der Waals surface area (Å²) in [4.78, 5) is 0.774. The molecule has 0 aliphatic carbocycles. The zero-order chi connectivity index (χ0) is 15.6. The number of aliphatic hydroxyl groups is 1. The van der Waals surface area contributed by atoms with E-state index >= 15 is 0 Å². The minimum Gasteiger partial charge on any atom is -0.392 e. The van der Waals surface area contributed by atoms with Crippen LogP contribution in [0.5, 0.6) is 0 Å². The predicted molar refractivity (Wildman–Crippen MR) is 80.1 cm³/mol. The van der Waals surface area contributed by atoms with Gasteiger partial charge in [-0.15, -0.1) is 11.3 Å². The van der Waals surface area contributed by atoms with Crippen LogP contribution in [-0.2, 0) is 23.2 Å². The van der Waals surface area contributed by atoms with Crippen molar-refractivity contribution in [3.8, 4) is 0 Å². The van der Waals surface area contributed by atoms with Crippen LogP contribution in [0.3, 0.4) is 0 Å². The topological polar surface area (TPSA) is 66.4 Å². The molecule has 0 bridgehead atoms. The van der Waals surface area contributed by atoms with Crippen LogP contribution in [0.2, 0.25) is 0 Å². The van der Waals surface area contributed by atoms with Crippen LogP contribution in [0.25, 0.3) is 0 Å². The van der Waals surface area contributed by atoms with Crippen molar-refractivity contribution >= 4 is 21.4 Å². The molecular formula is C14H16FNO3S2. The minimum atomic E-state index is -3.83. The van der Waals surface area contributed by atoms with Gasteiger partial charge in [-0.25, -0.2) is 17.5 Å². The second-order valence-electron chi connectivity index (χ2n) is 4.71. The number of benzene rings is 1. The molecule has 0 fully saturated rings. The number of thiophene rings is 1. The lowest BCUT2D eigenvalue weighted by atomic mass is 10.1. The minimum absolute atomic E-state index is 0.0441. The van der Waals surface area contributed by atoms with Gasteiger partial charge in [-0.05, 0) is 48.6 Å². The lowest BCUT2D eigenvalue weighted by molar-refractivity contribution is 0.281. The molecule has 7 heteroatoms. The molecule has 0 aliphatic heterocycles. The van der Waals surface area contributed by atoms with Crippen molar-refractivity contribution < 1.29 is 17.9 Å². The molecule has 0 spiro atoms. The third kappa shape index (κ3) is 3.49. The number of hydrogen-bond acceptors (Lipinski definition) is 4. The Morgan fingerprint density at radius 2 is 2.05 bits per heavy atom. The smallest absolute Gasteiger partial charge is 0.241 e. The van der Waals surface area contributed by atoms with Gasteiger partial charge in [0.25, 0.3) is 0 Å². The van der Waals surface area contributed by atoms with Gasteiger partial charge < -0.3 is 5.11 Å². The van der Waals surface area contributed by atoms with Gasteiger partial charge in [0, 0.05) is 17.0 Å². The number of hydrogen-bond donors (Lipinski definition) is 2. The average molecular weight is 329 g/mol. The van der Waals surface area contributed by atoms with Crippen molar-refractivity contribution in [2.45, 2.75) is 31.9 Å². The number of halogens is 1. The summed E-state index contributed by atoms with van der Waals surface area (Å²) in [6.45, 7) is 3.05. The van der Waals surface area contributed by atoms with E-state index in [1.54, 1.807) is 0 Å². The van der Waals surface area contributed by atoms with E-state index in [1.807, 2.05) is 18.4 Å². The Morgan fingerprint density at radius 1 is 1.33 bits per heavy atom. The molecule has 2 rings (SSSR count). The first-order chi connectivity index (χ1) is 9.85. The summed E-state index contributed by atoms with van der Waals surface area (Å²) in [6.07, 6.45) is 0. The number of sulfonamides is 1. The lowest BCUT2D eigenvalue weighted by Crippen LogP contribution is -2.24. The van der Waals surface area contributed by atoms with Crippen molar-refractivity contribution in [2.24, 2.45) is 0 Å². The van der Waals surface area contributed by atoms with Crippen molar-refractivity contribution in [3.05, 3.63) is 51.0 Å². The van der Waals surface area contributed by atoms with Crippen LogP contribution >= 0.6 is 11.3 Å². The third-order valence-electron chi connectivity index (χ3n) is 3.22. The van der Waals surface area contributed by atoms with Crippen molar-refractivity contribution in [1.82, 2.24) is 4.72 Å². The van der Waals surface area contributed by atoms with Crippen molar-refractivity contribution in [3.63, 3.8) is 0 Å². The molecule has 0 amide bonds. The van der Waals surface area contributed by atoms with Gasteiger partial charge >= 0.3 is 0 Å². The third-order valence-corrected chi connectivity index (χ3v) is 5.77. The summed E-state index contributed by atoms with van der Waals surface area (Å²) in [6, 6.07) is 4.34. The van der Waals surface area contributed by atoms with E-state index in [1.165, 1.54) is 24.3 Å². The molecule has 2 N–H and O–H groups in total. The van der Waals surface area contributed by atoms with Crippen LogP contribution in [-0.4, -0.2) is 13.5 Å². The highest BCUT2D eigenvalue weighted by Crippen LogP contribution is 2.22. The number of aliphatic hydroxyl groups excluding tert-OH is 1. The largest absolute Gasteiger partial charge is 0.392 e. The maximum Gasteiger partial charge on any atom is 0.241 e. The zero-order valence-corrected chi connectivity index (χ0v) is 13.3. The Bertz CT molecular complexity index is 754. The van der Waals surface area contributed by atoms with Crippen molar-refractivity contribution in [2.75, 3.05) is 0 Å². The molecule has 1 aromatic heterocycles. The first-order valence-corrected chi connectivity index (χ1v) is 8.64. The number of rotatable bonds is 5. The Labute approximate surface area is 127 Å². The highest BCUT2D eigenvalue weighted by atomic mass is 32.2.